The van der Waals surface area contributed by atoms with Crippen molar-refractivity contribution in [2.24, 2.45) is 0 Å². The molecule has 0 bridgehead atoms. The van der Waals surface area contributed by atoms with Gasteiger partial charge in [-0.1, -0.05) is 17.8 Å². The summed E-state index contributed by atoms with van der Waals surface area (Å²) < 4.78 is 2.18. The predicted molar refractivity (Wildman–Crippen MR) is 114 cm³/mol. The number of carbonyl (C=O) groups excluding carboxylic acids is 1. The van der Waals surface area contributed by atoms with Gasteiger partial charge in [-0.05, 0) is 49.6 Å². The number of thiophene rings is 1. The number of aryl methyl sites for hydroxylation is 2. The fourth-order valence-electron chi connectivity index (χ4n) is 2.95. The molecule has 0 fully saturated rings. The highest BCUT2D eigenvalue weighted by Crippen LogP contribution is 2.25. The fraction of sp³-hybridized carbons (Fsp3) is 0.200. The Morgan fingerprint density at radius 2 is 2.14 bits per heavy atom. The Bertz CT molecular complexity index is 1120. The maximum absolute atomic E-state index is 12.3. The molecule has 6 nitrogen and oxygen atoms in total. The van der Waals surface area contributed by atoms with E-state index in [2.05, 4.69) is 26.8 Å². The number of hydrogen-bond donors (Lipinski definition) is 1. The standard InChI is InChI=1S/C20H19N5OS2/c1-3-25-16-7-6-14(23-19(26)17-5-4-10-27-17)11-15(16)24-18(25)12-28-20-21-9-8-13(2)22-20/h4-11H,3,12H2,1-2H3,(H,23,26). The molecule has 1 N–H and O–H groups in total. The molecule has 28 heavy (non-hydrogen) atoms. The third-order valence-corrected chi connectivity index (χ3v) is 5.98. The number of aromatic nitrogens is 4. The number of hydrogen-bond acceptors (Lipinski definition) is 6. The Balaban J connectivity index is 1.57. The predicted octanol–water partition coefficient (Wildman–Crippen LogP) is 4.76. The Kier molecular flexibility index (Phi) is 5.40. The molecule has 0 saturated carbocycles. The lowest BCUT2D eigenvalue weighted by molar-refractivity contribution is 0.103. The van der Waals surface area contributed by atoms with E-state index in [9.17, 15) is 4.79 Å². The third kappa shape index (κ3) is 3.93. The lowest BCUT2D eigenvalue weighted by Gasteiger charge is -2.06. The van der Waals surface area contributed by atoms with E-state index < -0.39 is 0 Å². The van der Waals surface area contributed by atoms with Crippen LogP contribution in [0.25, 0.3) is 11.0 Å². The molecule has 0 unspecified atom stereocenters. The quantitative estimate of drug-likeness (QED) is 0.367. The molecule has 0 spiro atoms. The van der Waals surface area contributed by atoms with E-state index >= 15 is 0 Å². The second-order valence-corrected chi connectivity index (χ2v) is 8.07. The van der Waals surface area contributed by atoms with Gasteiger partial charge in [-0.3, -0.25) is 4.79 Å². The zero-order chi connectivity index (χ0) is 19.5. The largest absolute Gasteiger partial charge is 0.328 e. The van der Waals surface area contributed by atoms with Gasteiger partial charge in [0.15, 0.2) is 5.16 Å². The molecular formula is C20H19N5OS2. The molecule has 0 atom stereocenters. The highest BCUT2D eigenvalue weighted by Gasteiger charge is 2.13. The SMILES string of the molecule is CCn1c(CSc2nccc(C)n2)nc2cc(NC(=O)c3cccs3)ccc21. The van der Waals surface area contributed by atoms with Crippen LogP contribution in [0.15, 0.2) is 53.1 Å². The number of rotatable bonds is 6. The van der Waals surface area contributed by atoms with Gasteiger partial charge in [0.25, 0.3) is 5.91 Å². The van der Waals surface area contributed by atoms with Crippen LogP contribution in [0, 0.1) is 6.92 Å². The summed E-state index contributed by atoms with van der Waals surface area (Å²) in [5.74, 6) is 1.55. The molecule has 0 aliphatic carbocycles. The number of imidazole rings is 1. The van der Waals surface area contributed by atoms with Gasteiger partial charge in [-0.15, -0.1) is 11.3 Å². The monoisotopic (exact) mass is 409 g/mol. The van der Waals surface area contributed by atoms with Crippen LogP contribution in [0.2, 0.25) is 0 Å². The minimum Gasteiger partial charge on any atom is -0.328 e. The number of fused-ring (bicyclic) bond motifs is 1. The first-order chi connectivity index (χ1) is 13.6. The molecule has 0 radical (unpaired) electrons. The summed E-state index contributed by atoms with van der Waals surface area (Å²) in [5.41, 5.74) is 3.62. The number of thioether (sulfide) groups is 1. The minimum absolute atomic E-state index is 0.100. The highest BCUT2D eigenvalue weighted by atomic mass is 32.2. The average molecular weight is 410 g/mol. The second kappa shape index (κ2) is 8.12. The van der Waals surface area contributed by atoms with E-state index in [4.69, 9.17) is 4.98 Å². The normalized spacial score (nSPS) is 11.1. The topological polar surface area (TPSA) is 72.7 Å². The Morgan fingerprint density at radius 1 is 1.25 bits per heavy atom. The molecule has 0 aliphatic heterocycles. The molecule has 0 saturated heterocycles. The van der Waals surface area contributed by atoms with Gasteiger partial charge in [0.05, 0.1) is 21.7 Å². The minimum atomic E-state index is -0.100. The molecule has 3 aromatic heterocycles. The van der Waals surface area contributed by atoms with Crippen molar-refractivity contribution in [2.45, 2.75) is 31.3 Å². The number of anilines is 1. The van der Waals surface area contributed by atoms with Crippen molar-refractivity contribution in [3.63, 3.8) is 0 Å². The van der Waals surface area contributed by atoms with Crippen LogP contribution in [0.1, 0.15) is 28.1 Å². The van der Waals surface area contributed by atoms with Crippen molar-refractivity contribution in [1.82, 2.24) is 19.5 Å². The van der Waals surface area contributed by atoms with E-state index in [1.807, 2.05) is 48.7 Å². The molecule has 142 valence electrons. The van der Waals surface area contributed by atoms with E-state index in [0.717, 1.165) is 39.9 Å². The Labute approximate surface area is 171 Å². The number of nitrogens with zero attached hydrogens (tertiary/aromatic N) is 4. The summed E-state index contributed by atoms with van der Waals surface area (Å²) in [4.78, 5) is 26.5. The molecular weight excluding hydrogens is 390 g/mol. The van der Waals surface area contributed by atoms with Crippen LogP contribution in [0.5, 0.6) is 0 Å². The summed E-state index contributed by atoms with van der Waals surface area (Å²) in [6, 6.07) is 11.4. The van der Waals surface area contributed by atoms with E-state index in [-0.39, 0.29) is 5.91 Å². The molecule has 0 aliphatic rings. The number of benzene rings is 1. The van der Waals surface area contributed by atoms with Crippen LogP contribution in [-0.4, -0.2) is 25.4 Å². The van der Waals surface area contributed by atoms with Gasteiger partial charge >= 0.3 is 0 Å². The number of amides is 1. The van der Waals surface area contributed by atoms with Crippen molar-refractivity contribution in [2.75, 3.05) is 5.32 Å². The average Bonchev–Trinajstić information content (AvgIpc) is 3.33. The van der Waals surface area contributed by atoms with Crippen LogP contribution in [0.3, 0.4) is 0 Å². The van der Waals surface area contributed by atoms with Crippen LogP contribution in [-0.2, 0) is 12.3 Å². The summed E-state index contributed by atoms with van der Waals surface area (Å²) >= 11 is 2.99. The van der Waals surface area contributed by atoms with Gasteiger partial charge in [-0.2, -0.15) is 0 Å². The third-order valence-electron chi connectivity index (χ3n) is 4.25. The first-order valence-corrected chi connectivity index (χ1v) is 10.8. The lowest BCUT2D eigenvalue weighted by Crippen LogP contribution is -2.09. The second-order valence-electron chi connectivity index (χ2n) is 6.18. The van der Waals surface area contributed by atoms with Crippen molar-refractivity contribution in [3.8, 4) is 0 Å². The van der Waals surface area contributed by atoms with Crippen LogP contribution in [0.4, 0.5) is 5.69 Å². The van der Waals surface area contributed by atoms with Gasteiger partial charge in [0.2, 0.25) is 0 Å². The maximum Gasteiger partial charge on any atom is 0.265 e. The van der Waals surface area contributed by atoms with Crippen LogP contribution < -0.4 is 5.32 Å². The zero-order valence-electron chi connectivity index (χ0n) is 15.5. The van der Waals surface area contributed by atoms with Gasteiger partial charge in [0, 0.05) is 24.1 Å². The summed E-state index contributed by atoms with van der Waals surface area (Å²) in [5, 5.41) is 5.58. The van der Waals surface area contributed by atoms with Crippen molar-refractivity contribution < 1.29 is 4.79 Å². The molecule has 3 heterocycles. The number of carbonyl (C=O) groups is 1. The fourth-order valence-corrected chi connectivity index (χ4v) is 4.39. The highest BCUT2D eigenvalue weighted by molar-refractivity contribution is 7.98. The number of nitrogens with one attached hydrogen (secondary N) is 1. The smallest absolute Gasteiger partial charge is 0.265 e. The Morgan fingerprint density at radius 3 is 2.89 bits per heavy atom. The molecule has 4 aromatic rings. The van der Waals surface area contributed by atoms with Crippen molar-refractivity contribution >= 4 is 45.7 Å². The van der Waals surface area contributed by atoms with E-state index in [1.54, 1.807) is 18.0 Å². The zero-order valence-corrected chi connectivity index (χ0v) is 17.2. The summed E-state index contributed by atoms with van der Waals surface area (Å²) in [6.45, 7) is 4.88. The Hall–Kier alpha value is -2.71. The molecule has 1 aromatic carbocycles. The van der Waals surface area contributed by atoms with Gasteiger partial charge < -0.3 is 9.88 Å². The van der Waals surface area contributed by atoms with Crippen molar-refractivity contribution in [1.29, 1.82) is 0 Å². The van der Waals surface area contributed by atoms with Gasteiger partial charge in [-0.25, -0.2) is 15.0 Å². The summed E-state index contributed by atoms with van der Waals surface area (Å²) in [7, 11) is 0. The molecule has 4 rings (SSSR count). The van der Waals surface area contributed by atoms with Gasteiger partial charge in [0.1, 0.15) is 5.82 Å². The molecule has 8 heteroatoms. The summed E-state index contributed by atoms with van der Waals surface area (Å²) in [6.07, 6.45) is 1.77. The lowest BCUT2D eigenvalue weighted by atomic mass is 10.2. The van der Waals surface area contributed by atoms with Crippen molar-refractivity contribution in [3.05, 3.63) is 64.4 Å². The first kappa shape index (κ1) is 18.6. The molecule has 1 amide bonds. The maximum atomic E-state index is 12.3. The van der Waals surface area contributed by atoms with E-state index in [0.29, 0.717) is 10.6 Å². The van der Waals surface area contributed by atoms with Crippen LogP contribution >= 0.6 is 23.1 Å². The first-order valence-electron chi connectivity index (χ1n) is 8.90. The van der Waals surface area contributed by atoms with E-state index in [1.165, 1.54) is 11.3 Å².